The molecule has 1 aliphatic rings. The maximum Gasteiger partial charge on any atom is 0.416 e. The van der Waals surface area contributed by atoms with Crippen molar-refractivity contribution in [1.29, 1.82) is 0 Å². The number of aromatic nitrogens is 3. The number of methoxy groups -OCH3 is 1. The van der Waals surface area contributed by atoms with E-state index in [1.165, 1.54) is 6.07 Å². The van der Waals surface area contributed by atoms with Crippen molar-refractivity contribution in [3.63, 3.8) is 0 Å². The second kappa shape index (κ2) is 10.9. The molecule has 0 aliphatic heterocycles. The van der Waals surface area contributed by atoms with Gasteiger partial charge in [-0.2, -0.15) is 13.2 Å². The van der Waals surface area contributed by atoms with E-state index in [1.54, 1.807) is 20.1 Å². The molecule has 0 saturated heterocycles. The number of carbonyl (C=O) groups excluding carboxylic acids is 1. The molecule has 2 N–H and O–H groups in total. The van der Waals surface area contributed by atoms with Gasteiger partial charge >= 0.3 is 6.18 Å². The molecule has 1 amide bonds. The Balaban J connectivity index is 1.59. The van der Waals surface area contributed by atoms with Crippen LogP contribution in [0, 0.1) is 5.92 Å². The fourth-order valence-corrected chi connectivity index (χ4v) is 4.97. The fraction of sp³-hybridized carbons (Fsp3) is 0.481. The minimum absolute atomic E-state index is 0.00294. The Morgan fingerprint density at radius 1 is 1.05 bits per heavy atom. The van der Waals surface area contributed by atoms with Gasteiger partial charge in [0.05, 0.1) is 18.7 Å². The molecule has 7 nitrogen and oxygen atoms in total. The Kier molecular flexibility index (Phi) is 7.85. The average Bonchev–Trinajstić information content (AvgIpc) is 2.87. The Morgan fingerprint density at radius 2 is 1.78 bits per heavy atom. The normalized spacial score (nSPS) is 19.0. The molecule has 0 spiro atoms. The molecule has 0 bridgehead atoms. The van der Waals surface area contributed by atoms with Gasteiger partial charge in [-0.3, -0.25) is 4.79 Å². The molecule has 198 valence electrons. The van der Waals surface area contributed by atoms with E-state index in [0.29, 0.717) is 28.0 Å². The van der Waals surface area contributed by atoms with Gasteiger partial charge in [-0.1, -0.05) is 12.1 Å². The van der Waals surface area contributed by atoms with Crippen LogP contribution in [-0.2, 0) is 11.0 Å². The minimum Gasteiger partial charge on any atom is -0.496 e. The highest BCUT2D eigenvalue weighted by atomic mass is 19.4. The van der Waals surface area contributed by atoms with E-state index in [2.05, 4.69) is 26.0 Å². The van der Waals surface area contributed by atoms with Crippen LogP contribution in [0.4, 0.5) is 19.0 Å². The first-order valence-electron chi connectivity index (χ1n) is 12.5. The number of alkyl halides is 3. The third-order valence-corrected chi connectivity index (χ3v) is 6.94. The smallest absolute Gasteiger partial charge is 0.416 e. The number of hydrogen-bond acceptors (Lipinski definition) is 6. The van der Waals surface area contributed by atoms with Crippen molar-refractivity contribution in [3.05, 3.63) is 53.1 Å². The van der Waals surface area contributed by atoms with Crippen LogP contribution in [0.15, 0.2) is 36.4 Å². The highest BCUT2D eigenvalue weighted by Crippen LogP contribution is 2.42. The van der Waals surface area contributed by atoms with Gasteiger partial charge < -0.3 is 15.4 Å². The molecule has 1 aliphatic carbocycles. The summed E-state index contributed by atoms with van der Waals surface area (Å²) in [5, 5.41) is 19.1. The molecule has 1 heterocycles. The number of anilines is 1. The molecule has 3 aromatic rings. The van der Waals surface area contributed by atoms with Crippen LogP contribution in [0.2, 0.25) is 0 Å². The summed E-state index contributed by atoms with van der Waals surface area (Å²) in [6.45, 7) is 5.69. The summed E-state index contributed by atoms with van der Waals surface area (Å²) in [7, 11) is 1.61. The Bertz CT molecular complexity index is 1260. The van der Waals surface area contributed by atoms with Gasteiger partial charge in [0.15, 0.2) is 5.82 Å². The van der Waals surface area contributed by atoms with Gasteiger partial charge in [-0.25, -0.2) is 0 Å². The van der Waals surface area contributed by atoms with E-state index >= 15 is 0 Å². The molecule has 2 aromatic carbocycles. The molecule has 37 heavy (non-hydrogen) atoms. The lowest BCUT2D eigenvalue weighted by atomic mass is 9.77. The lowest BCUT2D eigenvalue weighted by molar-refractivity contribution is -0.137. The summed E-state index contributed by atoms with van der Waals surface area (Å²) in [6, 6.07) is 8.69. The first-order valence-corrected chi connectivity index (χ1v) is 12.5. The number of carbonyl (C=O) groups is 1. The van der Waals surface area contributed by atoms with Crippen molar-refractivity contribution in [2.24, 2.45) is 5.92 Å². The highest BCUT2D eigenvalue weighted by molar-refractivity contribution is 5.90. The van der Waals surface area contributed by atoms with Crippen LogP contribution in [0.25, 0.3) is 10.9 Å². The number of amides is 1. The molecule has 10 heteroatoms. The first kappa shape index (κ1) is 26.6. The van der Waals surface area contributed by atoms with Crippen LogP contribution >= 0.6 is 0 Å². The van der Waals surface area contributed by atoms with E-state index in [4.69, 9.17) is 4.74 Å². The monoisotopic (exact) mass is 515 g/mol. The lowest BCUT2D eigenvalue weighted by Crippen LogP contribution is -2.37. The summed E-state index contributed by atoms with van der Waals surface area (Å²) in [4.78, 5) is 12.5. The van der Waals surface area contributed by atoms with E-state index < -0.39 is 17.8 Å². The van der Waals surface area contributed by atoms with Crippen LogP contribution in [0.5, 0.6) is 5.75 Å². The summed E-state index contributed by atoms with van der Waals surface area (Å²) in [5.41, 5.74) is 1.35. The van der Waals surface area contributed by atoms with Crippen LogP contribution < -0.4 is 15.4 Å². The second-order valence-corrected chi connectivity index (χ2v) is 9.95. The SMILES string of the molecule is COc1cc2nnnc(N[C@H](C)c3cccc(C(F)(F)F)c3)c2cc1C1CCC(C(=O)NC(C)C)CC1. The maximum absolute atomic E-state index is 13.2. The fourth-order valence-electron chi connectivity index (χ4n) is 4.97. The van der Waals surface area contributed by atoms with Crippen molar-refractivity contribution < 1.29 is 22.7 Å². The molecule has 1 aromatic heterocycles. The van der Waals surface area contributed by atoms with Gasteiger partial charge in [0.2, 0.25) is 5.91 Å². The van der Waals surface area contributed by atoms with Crippen molar-refractivity contribution in [1.82, 2.24) is 20.7 Å². The van der Waals surface area contributed by atoms with E-state index in [-0.39, 0.29) is 23.8 Å². The number of hydrogen-bond donors (Lipinski definition) is 2. The van der Waals surface area contributed by atoms with Gasteiger partial charge in [-0.05, 0) is 86.9 Å². The average molecular weight is 516 g/mol. The zero-order valence-corrected chi connectivity index (χ0v) is 21.4. The van der Waals surface area contributed by atoms with E-state index in [1.807, 2.05) is 26.0 Å². The van der Waals surface area contributed by atoms with Crippen molar-refractivity contribution in [3.8, 4) is 5.75 Å². The Labute approximate surface area is 214 Å². The topological polar surface area (TPSA) is 89.0 Å². The number of rotatable bonds is 7. The second-order valence-electron chi connectivity index (χ2n) is 9.95. The van der Waals surface area contributed by atoms with Gasteiger partial charge in [0, 0.05) is 23.4 Å². The molecule has 1 atom stereocenters. The van der Waals surface area contributed by atoms with E-state index in [9.17, 15) is 18.0 Å². The number of fused-ring (bicyclic) bond motifs is 1. The zero-order valence-electron chi connectivity index (χ0n) is 21.4. The third kappa shape index (κ3) is 6.11. The van der Waals surface area contributed by atoms with Gasteiger partial charge in [0.1, 0.15) is 11.3 Å². The molecular formula is C27H32F3N5O2. The summed E-state index contributed by atoms with van der Waals surface area (Å²) in [6.07, 6.45) is -1.16. The van der Waals surface area contributed by atoms with Crippen LogP contribution in [-0.4, -0.2) is 34.5 Å². The van der Waals surface area contributed by atoms with E-state index in [0.717, 1.165) is 43.4 Å². The zero-order chi connectivity index (χ0) is 26.7. The Hall–Kier alpha value is -3.43. The predicted molar refractivity (Wildman–Crippen MR) is 135 cm³/mol. The Morgan fingerprint density at radius 3 is 2.43 bits per heavy atom. The number of ether oxygens (including phenoxy) is 1. The minimum atomic E-state index is -4.42. The first-order chi connectivity index (χ1) is 17.6. The highest BCUT2D eigenvalue weighted by Gasteiger charge is 2.31. The van der Waals surface area contributed by atoms with Gasteiger partial charge in [-0.15, -0.1) is 10.2 Å². The van der Waals surface area contributed by atoms with Crippen molar-refractivity contribution >= 4 is 22.6 Å². The van der Waals surface area contributed by atoms with Gasteiger partial charge in [0.25, 0.3) is 0 Å². The van der Waals surface area contributed by atoms with Crippen molar-refractivity contribution in [2.75, 3.05) is 12.4 Å². The standard InChI is InChI=1S/C27H32F3N5O2/c1-15(2)31-26(36)18-10-8-17(9-11-18)21-13-22-23(14-24(21)37-4)33-35-34-25(22)32-16(3)19-6-5-7-20(12-19)27(28,29)30/h5-7,12-18H,8-11H2,1-4H3,(H,31,36)(H,32,33,34)/t16-,17?,18?/m1/s1. The van der Waals surface area contributed by atoms with Crippen molar-refractivity contribution in [2.45, 2.75) is 70.6 Å². The lowest BCUT2D eigenvalue weighted by Gasteiger charge is -2.29. The summed E-state index contributed by atoms with van der Waals surface area (Å²) in [5.74, 6) is 1.43. The quantitative estimate of drug-likeness (QED) is 0.400. The molecule has 1 saturated carbocycles. The van der Waals surface area contributed by atoms with Crippen LogP contribution in [0.1, 0.15) is 75.1 Å². The molecular weight excluding hydrogens is 483 g/mol. The maximum atomic E-state index is 13.2. The number of nitrogens with zero attached hydrogens (tertiary/aromatic N) is 3. The third-order valence-electron chi connectivity index (χ3n) is 6.94. The molecule has 0 unspecified atom stereocenters. The summed E-state index contributed by atoms with van der Waals surface area (Å²) < 4.78 is 45.3. The molecule has 4 rings (SSSR count). The molecule has 0 radical (unpaired) electrons. The predicted octanol–water partition coefficient (Wildman–Crippen LogP) is 6.02. The van der Waals surface area contributed by atoms with Crippen LogP contribution in [0.3, 0.4) is 0 Å². The number of halogens is 3. The largest absolute Gasteiger partial charge is 0.496 e. The molecule has 1 fully saturated rings. The number of nitrogens with one attached hydrogen (secondary N) is 2. The number of benzene rings is 2. The summed E-state index contributed by atoms with van der Waals surface area (Å²) >= 11 is 0.